The van der Waals surface area contributed by atoms with E-state index in [1.165, 1.54) is 13.2 Å². The number of amides is 3. The molecule has 3 rings (SSSR count). The molecule has 2 aromatic rings. The average molecular weight is 400 g/mol. The number of carbonyl (C=O) groups is 3. The zero-order chi connectivity index (χ0) is 21.0. The Bertz CT molecular complexity index is 951. The summed E-state index contributed by atoms with van der Waals surface area (Å²) in [6, 6.07) is 4.70. The van der Waals surface area contributed by atoms with Crippen molar-refractivity contribution >= 4 is 35.2 Å². The molecular weight excluding hydrogens is 380 g/mol. The van der Waals surface area contributed by atoms with E-state index in [-0.39, 0.29) is 36.5 Å². The van der Waals surface area contributed by atoms with Crippen LogP contribution in [0.1, 0.15) is 10.5 Å². The van der Waals surface area contributed by atoms with Crippen molar-refractivity contribution in [1.82, 2.24) is 15.0 Å². The first-order valence-electron chi connectivity index (χ1n) is 8.64. The van der Waals surface area contributed by atoms with Crippen LogP contribution in [0.3, 0.4) is 0 Å². The van der Waals surface area contributed by atoms with E-state index >= 15 is 0 Å². The number of hydrogen-bond acceptors (Lipinski definition) is 9. The topological polar surface area (TPSA) is 170 Å². The van der Waals surface area contributed by atoms with Crippen LogP contribution in [0.2, 0.25) is 0 Å². The number of ether oxygens (including phenoxy) is 1. The van der Waals surface area contributed by atoms with Gasteiger partial charge in [-0.15, -0.1) is 0 Å². The second-order valence-electron chi connectivity index (χ2n) is 6.15. The summed E-state index contributed by atoms with van der Waals surface area (Å²) < 4.78 is 5.10. The molecule has 5 N–H and O–H groups in total. The zero-order valence-electron chi connectivity index (χ0n) is 15.7. The molecule has 3 amide bonds. The number of anilines is 3. The number of hydrogen-bond donors (Lipinski definition) is 3. The maximum absolute atomic E-state index is 12.7. The van der Waals surface area contributed by atoms with Gasteiger partial charge in [-0.25, -0.2) is 9.97 Å². The lowest BCUT2D eigenvalue weighted by Crippen LogP contribution is -2.51. The van der Waals surface area contributed by atoms with Gasteiger partial charge in [0.1, 0.15) is 18.1 Å². The van der Waals surface area contributed by atoms with E-state index < -0.39 is 11.8 Å². The number of methoxy groups -OCH3 is 1. The van der Waals surface area contributed by atoms with Gasteiger partial charge in [0.15, 0.2) is 0 Å². The van der Waals surface area contributed by atoms with Crippen LogP contribution in [-0.2, 0) is 9.59 Å². The second-order valence-corrected chi connectivity index (χ2v) is 6.15. The molecule has 0 bridgehead atoms. The molecule has 1 aliphatic rings. The van der Waals surface area contributed by atoms with Gasteiger partial charge in [0, 0.05) is 31.4 Å². The maximum atomic E-state index is 12.7. The Morgan fingerprint density at radius 2 is 2.03 bits per heavy atom. The Morgan fingerprint density at radius 1 is 1.24 bits per heavy atom. The van der Waals surface area contributed by atoms with E-state index in [9.17, 15) is 14.4 Å². The number of nitrogens with zero attached hydrogens (tertiary/aromatic N) is 5. The molecule has 0 atom stereocenters. The first-order chi connectivity index (χ1) is 13.9. The quantitative estimate of drug-likeness (QED) is 0.513. The molecule has 0 aliphatic carbocycles. The SMILES string of the molecule is COc1cc(N2CCN(c3nc(NCC(N)=O)cc(C(N)=O)n3)CC2=O)ccn1. The third kappa shape index (κ3) is 4.66. The average Bonchev–Trinajstić information content (AvgIpc) is 2.72. The summed E-state index contributed by atoms with van der Waals surface area (Å²) in [5.41, 5.74) is 11.1. The molecule has 0 radical (unpaired) electrons. The Balaban J connectivity index is 1.80. The van der Waals surface area contributed by atoms with Crippen molar-refractivity contribution in [2.75, 3.05) is 48.4 Å². The van der Waals surface area contributed by atoms with Crippen molar-refractivity contribution in [3.05, 3.63) is 30.1 Å². The van der Waals surface area contributed by atoms with E-state index in [4.69, 9.17) is 16.2 Å². The molecule has 1 fully saturated rings. The summed E-state index contributed by atoms with van der Waals surface area (Å²) in [5.74, 6) is -0.790. The minimum atomic E-state index is -0.760. The molecule has 0 aromatic carbocycles. The number of rotatable bonds is 7. The number of nitrogens with two attached hydrogens (primary N) is 2. The third-order valence-corrected chi connectivity index (χ3v) is 4.15. The molecule has 1 aliphatic heterocycles. The summed E-state index contributed by atoms with van der Waals surface area (Å²) in [6.45, 7) is 0.585. The molecule has 2 aromatic heterocycles. The molecule has 1 saturated heterocycles. The summed E-state index contributed by atoms with van der Waals surface area (Å²) in [4.78, 5) is 50.9. The van der Waals surface area contributed by atoms with Gasteiger partial charge in [0.05, 0.1) is 19.3 Å². The van der Waals surface area contributed by atoms with Gasteiger partial charge in [-0.05, 0) is 6.07 Å². The van der Waals surface area contributed by atoms with Crippen LogP contribution in [-0.4, -0.2) is 66.0 Å². The van der Waals surface area contributed by atoms with Gasteiger partial charge in [0.2, 0.25) is 23.6 Å². The number of piperazine rings is 1. The molecule has 12 nitrogen and oxygen atoms in total. The first-order valence-corrected chi connectivity index (χ1v) is 8.64. The summed E-state index contributed by atoms with van der Waals surface area (Å²) in [7, 11) is 1.50. The fourth-order valence-corrected chi connectivity index (χ4v) is 2.77. The highest BCUT2D eigenvalue weighted by Crippen LogP contribution is 2.22. The predicted molar refractivity (Wildman–Crippen MR) is 104 cm³/mol. The Hall–Kier alpha value is -3.96. The predicted octanol–water partition coefficient (Wildman–Crippen LogP) is -1.27. The zero-order valence-corrected chi connectivity index (χ0v) is 15.7. The third-order valence-electron chi connectivity index (χ3n) is 4.15. The second kappa shape index (κ2) is 8.37. The number of carbonyl (C=O) groups excluding carboxylic acids is 3. The van der Waals surface area contributed by atoms with Gasteiger partial charge in [0.25, 0.3) is 5.91 Å². The minimum Gasteiger partial charge on any atom is -0.481 e. The van der Waals surface area contributed by atoms with Crippen molar-refractivity contribution in [2.45, 2.75) is 0 Å². The van der Waals surface area contributed by atoms with Gasteiger partial charge in [-0.1, -0.05) is 0 Å². The molecule has 152 valence electrons. The normalized spacial score (nSPS) is 13.9. The number of nitrogens with one attached hydrogen (secondary N) is 1. The maximum Gasteiger partial charge on any atom is 0.267 e. The van der Waals surface area contributed by atoms with E-state index in [1.54, 1.807) is 28.1 Å². The van der Waals surface area contributed by atoms with Crippen molar-refractivity contribution in [3.8, 4) is 5.88 Å². The van der Waals surface area contributed by atoms with Crippen molar-refractivity contribution in [3.63, 3.8) is 0 Å². The number of aromatic nitrogens is 3. The van der Waals surface area contributed by atoms with Gasteiger partial charge in [-0.3, -0.25) is 14.4 Å². The highest BCUT2D eigenvalue weighted by atomic mass is 16.5. The van der Waals surface area contributed by atoms with E-state index in [0.29, 0.717) is 24.7 Å². The van der Waals surface area contributed by atoms with Gasteiger partial charge in [-0.2, -0.15) is 4.98 Å². The van der Waals surface area contributed by atoms with Crippen LogP contribution in [0.25, 0.3) is 0 Å². The summed E-state index contributed by atoms with van der Waals surface area (Å²) >= 11 is 0. The number of primary amides is 2. The van der Waals surface area contributed by atoms with Crippen molar-refractivity contribution in [1.29, 1.82) is 0 Å². The van der Waals surface area contributed by atoms with Crippen LogP contribution in [0.15, 0.2) is 24.4 Å². The lowest BCUT2D eigenvalue weighted by molar-refractivity contribution is -0.118. The highest BCUT2D eigenvalue weighted by molar-refractivity contribution is 5.98. The molecule has 29 heavy (non-hydrogen) atoms. The van der Waals surface area contributed by atoms with Crippen molar-refractivity contribution < 1.29 is 19.1 Å². The first kappa shape index (κ1) is 19.8. The van der Waals surface area contributed by atoms with Crippen LogP contribution in [0, 0.1) is 0 Å². The number of pyridine rings is 1. The van der Waals surface area contributed by atoms with Crippen LogP contribution in [0.4, 0.5) is 17.5 Å². The van der Waals surface area contributed by atoms with E-state index in [1.807, 2.05) is 0 Å². The summed E-state index contributed by atoms with van der Waals surface area (Å²) in [5, 5.41) is 2.70. The molecule has 12 heteroatoms. The minimum absolute atomic E-state index is 0.0118. The van der Waals surface area contributed by atoms with E-state index in [2.05, 4.69) is 20.3 Å². The summed E-state index contributed by atoms with van der Waals surface area (Å²) in [6.07, 6.45) is 1.56. The van der Waals surface area contributed by atoms with Crippen LogP contribution < -0.4 is 31.3 Å². The van der Waals surface area contributed by atoms with Crippen LogP contribution >= 0.6 is 0 Å². The molecule has 0 unspecified atom stereocenters. The van der Waals surface area contributed by atoms with Gasteiger partial charge >= 0.3 is 0 Å². The Kier molecular flexibility index (Phi) is 5.71. The standard InChI is InChI=1S/C17H20N8O4/c1-29-14-6-10(2-3-20-14)25-5-4-24(9-15(25)27)17-22-11(16(19)28)7-13(23-17)21-8-12(18)26/h2-3,6-7H,4-5,8-9H2,1H3,(H2,18,26)(H2,19,28)(H,21,22,23). The van der Waals surface area contributed by atoms with Crippen molar-refractivity contribution in [2.24, 2.45) is 11.5 Å². The highest BCUT2D eigenvalue weighted by Gasteiger charge is 2.28. The molecule has 0 saturated carbocycles. The lowest BCUT2D eigenvalue weighted by atomic mass is 10.2. The van der Waals surface area contributed by atoms with Gasteiger partial charge < -0.3 is 31.3 Å². The Morgan fingerprint density at radius 3 is 2.69 bits per heavy atom. The lowest BCUT2D eigenvalue weighted by Gasteiger charge is -2.34. The molecular formula is C17H20N8O4. The van der Waals surface area contributed by atoms with Crippen LogP contribution in [0.5, 0.6) is 5.88 Å². The van der Waals surface area contributed by atoms with E-state index in [0.717, 1.165) is 0 Å². The molecule has 3 heterocycles. The Labute approximate surface area is 165 Å². The largest absolute Gasteiger partial charge is 0.481 e. The fourth-order valence-electron chi connectivity index (χ4n) is 2.77. The smallest absolute Gasteiger partial charge is 0.267 e. The monoisotopic (exact) mass is 400 g/mol. The molecule has 0 spiro atoms. The fraction of sp³-hybridized carbons (Fsp3) is 0.294.